The highest BCUT2D eigenvalue weighted by Gasteiger charge is 2.32. The Hall–Kier alpha value is -1.22. The van der Waals surface area contributed by atoms with Gasteiger partial charge in [-0.15, -0.1) is 24.2 Å². The van der Waals surface area contributed by atoms with Gasteiger partial charge in [0.2, 0.25) is 0 Å². The fourth-order valence-corrected chi connectivity index (χ4v) is 5.33. The zero-order valence-corrected chi connectivity index (χ0v) is 16.1. The highest BCUT2D eigenvalue weighted by atomic mass is 35.5. The number of halogens is 1. The smallest absolute Gasteiger partial charge is 0.0441 e. The molecule has 2 aromatic rings. The van der Waals surface area contributed by atoms with Crippen molar-refractivity contribution in [3.05, 3.63) is 70.3 Å². The summed E-state index contributed by atoms with van der Waals surface area (Å²) in [4.78, 5) is 3.90. The Morgan fingerprint density at radius 1 is 1.04 bits per heavy atom. The van der Waals surface area contributed by atoms with Crippen molar-refractivity contribution in [2.24, 2.45) is 0 Å². The normalized spacial score (nSPS) is 20.2. The van der Waals surface area contributed by atoms with E-state index in [0.29, 0.717) is 5.25 Å². The molecule has 0 aliphatic carbocycles. The summed E-state index contributed by atoms with van der Waals surface area (Å²) in [6.07, 6.45) is 1.19. The van der Waals surface area contributed by atoms with Crippen LogP contribution in [0, 0.1) is 13.8 Å². The quantitative estimate of drug-likeness (QED) is 0.678. The van der Waals surface area contributed by atoms with E-state index >= 15 is 0 Å². The molecule has 4 rings (SSSR count). The average molecular weight is 358 g/mol. The van der Waals surface area contributed by atoms with Crippen LogP contribution >= 0.6 is 24.2 Å². The molecule has 1 nitrogen and oxygen atoms in total. The summed E-state index contributed by atoms with van der Waals surface area (Å²) in [5.74, 6) is 0. The maximum atomic E-state index is 2.47. The second-order valence-electron chi connectivity index (χ2n) is 6.83. The molecule has 2 heterocycles. The van der Waals surface area contributed by atoms with Crippen LogP contribution in [0.2, 0.25) is 0 Å². The van der Waals surface area contributed by atoms with Crippen LogP contribution in [0.4, 0.5) is 0 Å². The molecule has 24 heavy (non-hydrogen) atoms. The molecular formula is C21H24ClNS. The van der Waals surface area contributed by atoms with E-state index in [2.05, 4.69) is 80.0 Å². The van der Waals surface area contributed by atoms with E-state index in [0.717, 1.165) is 6.54 Å². The molecular weight excluding hydrogens is 334 g/mol. The van der Waals surface area contributed by atoms with Crippen LogP contribution in [0.25, 0.3) is 5.57 Å². The second-order valence-corrected chi connectivity index (χ2v) is 8.08. The van der Waals surface area contributed by atoms with Gasteiger partial charge >= 0.3 is 0 Å². The number of piperidine rings is 1. The Labute approximate surface area is 155 Å². The molecule has 0 N–H and O–H groups in total. The lowest BCUT2D eigenvalue weighted by atomic mass is 9.85. The number of hydrogen-bond acceptors (Lipinski definition) is 2. The number of benzene rings is 2. The van der Waals surface area contributed by atoms with Gasteiger partial charge in [0.1, 0.15) is 0 Å². The zero-order valence-electron chi connectivity index (χ0n) is 14.5. The molecule has 3 heteroatoms. The Morgan fingerprint density at radius 2 is 1.83 bits per heavy atom. The van der Waals surface area contributed by atoms with Gasteiger partial charge in [-0.2, -0.15) is 0 Å². The largest absolute Gasteiger partial charge is 0.305 e. The number of nitrogens with zero attached hydrogens (tertiary/aromatic N) is 1. The first-order valence-electron chi connectivity index (χ1n) is 8.39. The van der Waals surface area contributed by atoms with E-state index in [4.69, 9.17) is 0 Å². The van der Waals surface area contributed by atoms with Crippen LogP contribution in [0.15, 0.2) is 52.9 Å². The fourth-order valence-electron chi connectivity index (χ4n) is 3.87. The van der Waals surface area contributed by atoms with E-state index in [1.165, 1.54) is 45.7 Å². The summed E-state index contributed by atoms with van der Waals surface area (Å²) < 4.78 is 0. The number of fused-ring (bicyclic) bond motifs is 2. The molecule has 1 saturated heterocycles. The maximum Gasteiger partial charge on any atom is 0.0441 e. The van der Waals surface area contributed by atoms with Crippen molar-refractivity contribution in [2.75, 3.05) is 20.1 Å². The maximum absolute atomic E-state index is 2.47. The molecule has 2 aliphatic rings. The van der Waals surface area contributed by atoms with Gasteiger partial charge in [0, 0.05) is 23.2 Å². The van der Waals surface area contributed by atoms with Crippen LogP contribution in [-0.4, -0.2) is 30.3 Å². The van der Waals surface area contributed by atoms with Crippen LogP contribution in [0.3, 0.4) is 0 Å². The third-order valence-corrected chi connectivity index (χ3v) is 6.36. The van der Waals surface area contributed by atoms with Crippen LogP contribution < -0.4 is 0 Å². The van der Waals surface area contributed by atoms with Gasteiger partial charge in [0.15, 0.2) is 0 Å². The lowest BCUT2D eigenvalue weighted by molar-refractivity contribution is 0.317. The molecule has 126 valence electrons. The van der Waals surface area contributed by atoms with Crippen LogP contribution in [0.5, 0.6) is 0 Å². The standard InChI is InChI=1S/C21H23NS.ClH/c1-14-8-9-16(15(2)12-14)21-17-6-4-5-7-19(17)23-20-13-22(3)11-10-18(20)21;/h4-9,12,20H,10-11,13H2,1-3H3;1H. The highest BCUT2D eigenvalue weighted by molar-refractivity contribution is 8.00. The summed E-state index contributed by atoms with van der Waals surface area (Å²) in [5, 5.41) is 0.597. The number of likely N-dealkylation sites (tertiary alicyclic amines) is 1. The number of aryl methyl sites for hydroxylation is 2. The zero-order chi connectivity index (χ0) is 16.0. The monoisotopic (exact) mass is 357 g/mol. The predicted octanol–water partition coefficient (Wildman–Crippen LogP) is 5.34. The molecule has 2 aromatic carbocycles. The van der Waals surface area contributed by atoms with Crippen molar-refractivity contribution in [3.63, 3.8) is 0 Å². The van der Waals surface area contributed by atoms with Crippen molar-refractivity contribution in [3.8, 4) is 0 Å². The molecule has 0 spiro atoms. The molecule has 0 aromatic heterocycles. The van der Waals surface area contributed by atoms with Gasteiger partial charge in [0.25, 0.3) is 0 Å². The van der Waals surface area contributed by atoms with Crippen LogP contribution in [0.1, 0.15) is 28.7 Å². The van der Waals surface area contributed by atoms with Gasteiger partial charge in [-0.3, -0.25) is 0 Å². The molecule has 0 radical (unpaired) electrons. The Kier molecular flexibility index (Phi) is 5.10. The molecule has 0 bridgehead atoms. The SMILES string of the molecule is Cc1ccc(C2=C3CCN(C)CC3Sc3ccccc32)c(C)c1.Cl. The van der Waals surface area contributed by atoms with Crippen molar-refractivity contribution in [1.29, 1.82) is 0 Å². The van der Waals surface area contributed by atoms with Gasteiger partial charge in [-0.05, 0) is 61.2 Å². The van der Waals surface area contributed by atoms with E-state index in [1.54, 1.807) is 5.57 Å². The number of thioether (sulfide) groups is 1. The minimum absolute atomic E-state index is 0. The lowest BCUT2D eigenvalue weighted by Crippen LogP contribution is -2.37. The first kappa shape index (κ1) is 17.6. The summed E-state index contributed by atoms with van der Waals surface area (Å²) in [5.41, 5.74) is 8.75. The predicted molar refractivity (Wildman–Crippen MR) is 107 cm³/mol. The van der Waals surface area contributed by atoms with E-state index in [9.17, 15) is 0 Å². The van der Waals surface area contributed by atoms with Gasteiger partial charge in [0.05, 0.1) is 0 Å². The first-order valence-corrected chi connectivity index (χ1v) is 9.27. The molecule has 1 atom stereocenters. The molecule has 1 fully saturated rings. The molecule has 0 saturated carbocycles. The van der Waals surface area contributed by atoms with Crippen molar-refractivity contribution in [2.45, 2.75) is 30.4 Å². The number of rotatable bonds is 1. The highest BCUT2D eigenvalue weighted by Crippen LogP contribution is 2.47. The summed E-state index contributed by atoms with van der Waals surface area (Å²) in [6.45, 7) is 6.76. The summed E-state index contributed by atoms with van der Waals surface area (Å²) >= 11 is 2.05. The minimum atomic E-state index is 0. The van der Waals surface area contributed by atoms with E-state index in [1.807, 2.05) is 0 Å². The second kappa shape index (κ2) is 6.95. The fraction of sp³-hybridized carbons (Fsp3) is 0.333. The van der Waals surface area contributed by atoms with Gasteiger partial charge in [-0.1, -0.05) is 42.0 Å². The molecule has 2 aliphatic heterocycles. The summed E-state index contributed by atoms with van der Waals surface area (Å²) in [6, 6.07) is 15.8. The Morgan fingerprint density at radius 3 is 2.62 bits per heavy atom. The van der Waals surface area contributed by atoms with Crippen molar-refractivity contribution in [1.82, 2.24) is 4.90 Å². The van der Waals surface area contributed by atoms with Crippen molar-refractivity contribution < 1.29 is 0 Å². The number of hydrogen-bond donors (Lipinski definition) is 0. The lowest BCUT2D eigenvalue weighted by Gasteiger charge is -2.37. The Bertz CT molecular complexity index is 796. The van der Waals surface area contributed by atoms with E-state index in [-0.39, 0.29) is 12.4 Å². The van der Waals surface area contributed by atoms with Gasteiger partial charge < -0.3 is 4.90 Å². The Balaban J connectivity index is 0.00000169. The summed E-state index contributed by atoms with van der Waals surface area (Å²) in [7, 11) is 2.24. The average Bonchev–Trinajstić information content (AvgIpc) is 2.53. The van der Waals surface area contributed by atoms with Crippen molar-refractivity contribution >= 4 is 29.7 Å². The van der Waals surface area contributed by atoms with E-state index < -0.39 is 0 Å². The van der Waals surface area contributed by atoms with Gasteiger partial charge in [-0.25, -0.2) is 0 Å². The van der Waals surface area contributed by atoms with Crippen LogP contribution in [-0.2, 0) is 0 Å². The third-order valence-electron chi connectivity index (χ3n) is 5.03. The molecule has 1 unspecified atom stereocenters. The topological polar surface area (TPSA) is 3.24 Å². The first-order chi connectivity index (χ1) is 11.1. The minimum Gasteiger partial charge on any atom is -0.305 e. The third kappa shape index (κ3) is 3.03. The molecule has 0 amide bonds.